The van der Waals surface area contributed by atoms with Crippen LogP contribution in [0.4, 0.5) is 40.8 Å². The number of hydrogen-bond acceptors (Lipinski definition) is 4. The predicted molar refractivity (Wildman–Crippen MR) is 137 cm³/mol. The average molecular weight is 652 g/mol. The molecule has 3 amide bonds. The van der Waals surface area contributed by atoms with Crippen LogP contribution in [0.5, 0.6) is 5.75 Å². The molecule has 3 N–H and O–H groups in total. The summed E-state index contributed by atoms with van der Waals surface area (Å²) in [4.78, 5) is 37.7. The molecule has 0 aliphatic heterocycles. The molecule has 2 rings (SSSR count). The van der Waals surface area contributed by atoms with Crippen molar-refractivity contribution in [3.8, 4) is 5.75 Å². The Labute approximate surface area is 243 Å². The summed E-state index contributed by atoms with van der Waals surface area (Å²) in [5.41, 5.74) is -3.69. The molecule has 42 heavy (non-hydrogen) atoms. The van der Waals surface area contributed by atoms with Crippen LogP contribution in [0.3, 0.4) is 0 Å². The fourth-order valence-electron chi connectivity index (χ4n) is 3.14. The third-order valence-electron chi connectivity index (χ3n) is 5.65. The molecular formula is C25H23Cl2F8N3O4. The van der Waals surface area contributed by atoms with Gasteiger partial charge in [0, 0.05) is 18.8 Å². The number of amides is 3. The van der Waals surface area contributed by atoms with Crippen LogP contribution in [-0.4, -0.2) is 49.7 Å². The zero-order chi connectivity index (χ0) is 32.0. The number of carbonyl (C=O) groups excluding carboxylic acids is 3. The molecule has 232 valence electrons. The monoisotopic (exact) mass is 651 g/mol. The van der Waals surface area contributed by atoms with Crippen LogP contribution in [0.15, 0.2) is 30.3 Å². The van der Waals surface area contributed by atoms with Crippen LogP contribution < -0.4 is 20.7 Å². The minimum atomic E-state index is -4.85. The normalized spacial score (nSPS) is 12.2. The largest absolute Gasteiger partial charge is 0.487 e. The highest BCUT2D eigenvalue weighted by Gasteiger charge is 2.52. The number of anilines is 1. The lowest BCUT2D eigenvalue weighted by Crippen LogP contribution is -2.46. The van der Waals surface area contributed by atoms with E-state index < -0.39 is 79.3 Å². The van der Waals surface area contributed by atoms with Crippen molar-refractivity contribution >= 4 is 46.6 Å². The van der Waals surface area contributed by atoms with Crippen molar-refractivity contribution in [2.24, 2.45) is 5.41 Å². The Morgan fingerprint density at radius 1 is 0.929 bits per heavy atom. The Kier molecular flexibility index (Phi) is 11.4. The van der Waals surface area contributed by atoms with E-state index in [1.54, 1.807) is 0 Å². The topological polar surface area (TPSA) is 96.5 Å². The van der Waals surface area contributed by atoms with Gasteiger partial charge in [0.2, 0.25) is 5.91 Å². The Morgan fingerprint density at radius 2 is 1.57 bits per heavy atom. The van der Waals surface area contributed by atoms with E-state index in [1.165, 1.54) is 12.1 Å². The molecule has 0 aliphatic carbocycles. The Morgan fingerprint density at radius 3 is 2.14 bits per heavy atom. The molecule has 0 aromatic heterocycles. The van der Waals surface area contributed by atoms with Gasteiger partial charge in [-0.25, -0.2) is 8.78 Å². The van der Waals surface area contributed by atoms with E-state index in [0.29, 0.717) is 13.8 Å². The van der Waals surface area contributed by atoms with Gasteiger partial charge in [-0.2, -0.15) is 26.3 Å². The van der Waals surface area contributed by atoms with E-state index in [9.17, 15) is 49.5 Å². The van der Waals surface area contributed by atoms with Gasteiger partial charge < -0.3 is 20.7 Å². The first-order valence-corrected chi connectivity index (χ1v) is 12.5. The van der Waals surface area contributed by atoms with E-state index in [-0.39, 0.29) is 26.9 Å². The van der Waals surface area contributed by atoms with E-state index in [1.807, 2.05) is 5.32 Å². The standard InChI is InChI=1S/C25H23Cl2F8N3O4/c1-23(2,25(33,34)35)22(41)37-10-12-3-5-15(26)18(19(12)27)21(40)38-13-4-6-16(42-11-17(28)29)14(9-13)20(39)36-8-7-24(30,31)32/h3-6,9,17H,7-8,10-11H2,1-2H3,(H,36,39)(H,37,41)(H,38,40). The molecule has 2 aromatic carbocycles. The maximum absolute atomic E-state index is 13.1. The second-order valence-corrected chi connectivity index (χ2v) is 9.97. The molecule has 0 saturated carbocycles. The summed E-state index contributed by atoms with van der Waals surface area (Å²) >= 11 is 12.4. The van der Waals surface area contributed by atoms with Gasteiger partial charge in [0.25, 0.3) is 18.2 Å². The third-order valence-corrected chi connectivity index (χ3v) is 6.40. The first-order valence-electron chi connectivity index (χ1n) is 11.8. The maximum atomic E-state index is 13.1. The zero-order valence-electron chi connectivity index (χ0n) is 21.7. The first kappa shape index (κ1) is 34.9. The molecular weight excluding hydrogens is 629 g/mol. The van der Waals surface area contributed by atoms with Crippen LogP contribution in [0.25, 0.3) is 0 Å². The SMILES string of the molecule is CC(C)(C(=O)NCc1ccc(Cl)c(C(=O)Nc2ccc(OCC(F)F)c(C(=O)NCCC(F)(F)F)c2)c1Cl)C(F)(F)F. The van der Waals surface area contributed by atoms with Crippen molar-refractivity contribution in [1.82, 2.24) is 10.6 Å². The van der Waals surface area contributed by atoms with Gasteiger partial charge in [-0.05, 0) is 43.7 Å². The number of benzene rings is 2. The van der Waals surface area contributed by atoms with E-state index in [2.05, 4.69) is 10.6 Å². The number of ether oxygens (including phenoxy) is 1. The lowest BCUT2D eigenvalue weighted by molar-refractivity contribution is -0.211. The lowest BCUT2D eigenvalue weighted by Gasteiger charge is -2.26. The van der Waals surface area contributed by atoms with Crippen LogP contribution in [0.1, 0.15) is 46.5 Å². The van der Waals surface area contributed by atoms with Crippen molar-refractivity contribution in [1.29, 1.82) is 0 Å². The highest BCUT2D eigenvalue weighted by atomic mass is 35.5. The molecule has 0 spiro atoms. The number of hydrogen-bond donors (Lipinski definition) is 3. The zero-order valence-corrected chi connectivity index (χ0v) is 23.2. The van der Waals surface area contributed by atoms with E-state index in [4.69, 9.17) is 27.9 Å². The second-order valence-electron chi connectivity index (χ2n) is 9.19. The third kappa shape index (κ3) is 9.34. The fourth-order valence-corrected chi connectivity index (χ4v) is 3.75. The van der Waals surface area contributed by atoms with Crippen LogP contribution in [0.2, 0.25) is 10.0 Å². The molecule has 0 heterocycles. The quantitative estimate of drug-likeness (QED) is 0.234. The van der Waals surface area contributed by atoms with Gasteiger partial charge in [-0.3, -0.25) is 14.4 Å². The Balaban J connectivity index is 2.30. The molecule has 7 nitrogen and oxygen atoms in total. The van der Waals surface area contributed by atoms with Crippen molar-refractivity contribution in [2.75, 3.05) is 18.5 Å². The van der Waals surface area contributed by atoms with Crippen molar-refractivity contribution < 1.29 is 54.2 Å². The molecule has 0 unspecified atom stereocenters. The van der Waals surface area contributed by atoms with Crippen molar-refractivity contribution in [3.05, 3.63) is 57.1 Å². The first-order chi connectivity index (χ1) is 19.2. The Bertz CT molecular complexity index is 1320. The maximum Gasteiger partial charge on any atom is 0.402 e. The van der Waals surface area contributed by atoms with Crippen LogP contribution >= 0.6 is 23.2 Å². The lowest BCUT2D eigenvalue weighted by atomic mass is 9.91. The van der Waals surface area contributed by atoms with Crippen molar-refractivity contribution in [3.63, 3.8) is 0 Å². The summed E-state index contributed by atoms with van der Waals surface area (Å²) in [7, 11) is 0. The molecule has 0 fully saturated rings. The Hall–Kier alpha value is -3.33. The molecule has 17 heteroatoms. The summed E-state index contributed by atoms with van der Waals surface area (Å²) in [6.07, 6.45) is -13.7. The summed E-state index contributed by atoms with van der Waals surface area (Å²) in [5, 5.41) is 5.88. The second kappa shape index (κ2) is 13.8. The number of alkyl halides is 8. The smallest absolute Gasteiger partial charge is 0.402 e. The van der Waals surface area contributed by atoms with Gasteiger partial charge in [0.15, 0.2) is 0 Å². The van der Waals surface area contributed by atoms with Crippen LogP contribution in [0, 0.1) is 5.41 Å². The van der Waals surface area contributed by atoms with Gasteiger partial charge in [-0.15, -0.1) is 0 Å². The number of carbonyl (C=O) groups is 3. The molecule has 0 atom stereocenters. The highest BCUT2D eigenvalue weighted by molar-refractivity contribution is 6.40. The molecule has 0 saturated heterocycles. The van der Waals surface area contributed by atoms with Gasteiger partial charge in [0.05, 0.1) is 27.6 Å². The van der Waals surface area contributed by atoms with Gasteiger partial charge >= 0.3 is 12.4 Å². The fraction of sp³-hybridized carbons (Fsp3) is 0.400. The predicted octanol–water partition coefficient (Wildman–Crippen LogP) is 6.78. The van der Waals surface area contributed by atoms with E-state index >= 15 is 0 Å². The number of rotatable bonds is 11. The van der Waals surface area contributed by atoms with Crippen LogP contribution in [-0.2, 0) is 11.3 Å². The minimum absolute atomic E-state index is 0.0259. The highest BCUT2D eigenvalue weighted by Crippen LogP contribution is 2.38. The van der Waals surface area contributed by atoms with E-state index in [0.717, 1.165) is 18.2 Å². The summed E-state index contributed by atoms with van der Waals surface area (Å²) < 4.78 is 107. The number of nitrogens with one attached hydrogen (secondary N) is 3. The van der Waals surface area contributed by atoms with Gasteiger partial charge in [-0.1, -0.05) is 29.3 Å². The molecule has 0 aliphatic rings. The summed E-state index contributed by atoms with van der Waals surface area (Å²) in [5.74, 6) is -3.87. The number of halogens is 10. The average Bonchev–Trinajstić information content (AvgIpc) is 2.85. The van der Waals surface area contributed by atoms with Gasteiger partial charge in [0.1, 0.15) is 17.8 Å². The molecule has 2 aromatic rings. The molecule has 0 radical (unpaired) electrons. The van der Waals surface area contributed by atoms with Crippen molar-refractivity contribution in [2.45, 2.75) is 45.6 Å². The molecule has 0 bridgehead atoms. The summed E-state index contributed by atoms with van der Waals surface area (Å²) in [6, 6.07) is 5.57. The minimum Gasteiger partial charge on any atom is -0.487 e. The summed E-state index contributed by atoms with van der Waals surface area (Å²) in [6.45, 7) is -1.11.